The maximum Gasteiger partial charge on any atom is 0.223 e. The molecule has 0 aliphatic rings. The van der Waals surface area contributed by atoms with Crippen molar-refractivity contribution in [3.63, 3.8) is 0 Å². The molecule has 1 aromatic carbocycles. The summed E-state index contributed by atoms with van der Waals surface area (Å²) in [6, 6.07) is 9.69. The van der Waals surface area contributed by atoms with Crippen molar-refractivity contribution < 1.29 is 4.74 Å². The average molecular weight is 424 g/mol. The topological polar surface area (TPSA) is 22.1 Å². The van der Waals surface area contributed by atoms with Gasteiger partial charge < -0.3 is 4.74 Å². The first kappa shape index (κ1) is 13.1. The number of ether oxygens (including phenoxy) is 1. The Hall–Kier alpha value is -0.330. The third-order valence-corrected chi connectivity index (χ3v) is 3.44. The van der Waals surface area contributed by atoms with Gasteiger partial charge >= 0.3 is 0 Å². The van der Waals surface area contributed by atoms with Gasteiger partial charge in [0.1, 0.15) is 5.75 Å². The summed E-state index contributed by atoms with van der Waals surface area (Å²) in [6.07, 6.45) is 1.69. The molecule has 0 fully saturated rings. The number of rotatable bonds is 3. The average Bonchev–Trinajstić information content (AvgIpc) is 2.31. The van der Waals surface area contributed by atoms with E-state index in [2.05, 4.69) is 43.5 Å². The molecule has 0 amide bonds. The zero-order valence-corrected chi connectivity index (χ0v) is 13.2. The van der Waals surface area contributed by atoms with Crippen molar-refractivity contribution in [2.75, 3.05) is 0 Å². The molecular weight excluding hydrogens is 416 g/mol. The molecule has 0 aliphatic carbocycles. The van der Waals surface area contributed by atoms with E-state index in [0.717, 1.165) is 19.4 Å². The lowest BCUT2D eigenvalue weighted by atomic mass is 10.3. The zero-order chi connectivity index (χ0) is 12.3. The number of benzene rings is 1. The van der Waals surface area contributed by atoms with E-state index in [1.54, 1.807) is 6.20 Å². The van der Waals surface area contributed by atoms with Gasteiger partial charge in [0.15, 0.2) is 0 Å². The predicted molar refractivity (Wildman–Crippen MR) is 80.7 cm³/mol. The summed E-state index contributed by atoms with van der Waals surface area (Å²) in [5, 5.41) is 0. The SMILES string of the molecule is ClCc1cc(Br)cnc1Oc1cccc(I)c1. The Labute approximate surface area is 127 Å². The molecule has 1 aromatic heterocycles. The van der Waals surface area contributed by atoms with Crippen LogP contribution >= 0.6 is 50.1 Å². The van der Waals surface area contributed by atoms with E-state index in [1.807, 2.05) is 30.3 Å². The molecule has 0 bridgehead atoms. The number of halogens is 3. The number of hydrogen-bond acceptors (Lipinski definition) is 2. The van der Waals surface area contributed by atoms with Gasteiger partial charge in [-0.2, -0.15) is 0 Å². The van der Waals surface area contributed by atoms with Crippen LogP contribution in [-0.2, 0) is 5.88 Å². The summed E-state index contributed by atoms with van der Waals surface area (Å²) in [6.45, 7) is 0. The van der Waals surface area contributed by atoms with Crippen molar-refractivity contribution in [2.24, 2.45) is 0 Å². The summed E-state index contributed by atoms with van der Waals surface area (Å²) in [7, 11) is 0. The van der Waals surface area contributed by atoms with Crippen molar-refractivity contribution in [1.29, 1.82) is 0 Å². The molecule has 0 saturated heterocycles. The first-order valence-corrected chi connectivity index (χ1v) is 7.23. The monoisotopic (exact) mass is 423 g/mol. The lowest BCUT2D eigenvalue weighted by Crippen LogP contribution is -1.93. The van der Waals surface area contributed by atoms with Crippen LogP contribution in [0.1, 0.15) is 5.56 Å². The van der Waals surface area contributed by atoms with Crippen molar-refractivity contribution in [2.45, 2.75) is 5.88 Å². The smallest absolute Gasteiger partial charge is 0.223 e. The lowest BCUT2D eigenvalue weighted by Gasteiger charge is -2.08. The zero-order valence-electron chi connectivity index (χ0n) is 8.66. The van der Waals surface area contributed by atoms with Gasteiger partial charge in [-0.25, -0.2) is 4.98 Å². The molecule has 2 nitrogen and oxygen atoms in total. The standard InChI is InChI=1S/C12H8BrClINO/c13-9-4-8(6-14)12(16-7-9)17-11-3-1-2-10(15)5-11/h1-5,7H,6H2. The highest BCUT2D eigenvalue weighted by molar-refractivity contribution is 14.1. The van der Waals surface area contributed by atoms with Gasteiger partial charge in [0.25, 0.3) is 0 Å². The van der Waals surface area contributed by atoms with Crippen LogP contribution < -0.4 is 4.74 Å². The third-order valence-electron chi connectivity index (χ3n) is 2.05. The summed E-state index contributed by atoms with van der Waals surface area (Å²) >= 11 is 11.5. The quantitative estimate of drug-likeness (QED) is 0.512. The number of nitrogens with zero attached hydrogens (tertiary/aromatic N) is 1. The van der Waals surface area contributed by atoms with E-state index < -0.39 is 0 Å². The molecule has 5 heteroatoms. The Morgan fingerprint density at radius 2 is 2.18 bits per heavy atom. The fourth-order valence-corrected chi connectivity index (χ4v) is 2.38. The predicted octanol–water partition coefficient (Wildman–Crippen LogP) is 4.98. The second-order valence-corrected chi connectivity index (χ2v) is 5.74. The van der Waals surface area contributed by atoms with Crippen LogP contribution in [0.3, 0.4) is 0 Å². The van der Waals surface area contributed by atoms with Gasteiger partial charge in [-0.15, -0.1) is 11.6 Å². The van der Waals surface area contributed by atoms with E-state index in [4.69, 9.17) is 16.3 Å². The minimum atomic E-state index is 0.367. The second-order valence-electron chi connectivity index (χ2n) is 3.31. The van der Waals surface area contributed by atoms with Gasteiger partial charge in [-0.05, 0) is 62.8 Å². The molecule has 2 aromatic rings. The van der Waals surface area contributed by atoms with Crippen LogP contribution in [0, 0.1) is 3.57 Å². The van der Waals surface area contributed by atoms with E-state index in [1.165, 1.54) is 0 Å². The van der Waals surface area contributed by atoms with E-state index >= 15 is 0 Å². The largest absolute Gasteiger partial charge is 0.439 e. The number of aromatic nitrogens is 1. The maximum atomic E-state index is 5.86. The third kappa shape index (κ3) is 3.56. The minimum absolute atomic E-state index is 0.367. The maximum absolute atomic E-state index is 5.86. The highest BCUT2D eigenvalue weighted by Crippen LogP contribution is 2.27. The molecule has 0 spiro atoms. The molecular formula is C12H8BrClINO. The van der Waals surface area contributed by atoms with Gasteiger partial charge in [-0.1, -0.05) is 6.07 Å². The molecule has 17 heavy (non-hydrogen) atoms. The van der Waals surface area contributed by atoms with Crippen molar-refractivity contribution >= 4 is 50.1 Å². The Balaban J connectivity index is 2.29. The highest BCUT2D eigenvalue weighted by atomic mass is 127. The minimum Gasteiger partial charge on any atom is -0.439 e. The summed E-state index contributed by atoms with van der Waals surface area (Å²) in [5.41, 5.74) is 0.861. The van der Waals surface area contributed by atoms with Crippen molar-refractivity contribution in [3.8, 4) is 11.6 Å². The molecule has 1 heterocycles. The molecule has 0 radical (unpaired) electrons. The van der Waals surface area contributed by atoms with Crippen molar-refractivity contribution in [1.82, 2.24) is 4.98 Å². The molecule has 0 saturated carbocycles. The fraction of sp³-hybridized carbons (Fsp3) is 0.0833. The van der Waals surface area contributed by atoms with Gasteiger partial charge in [0.2, 0.25) is 5.88 Å². The van der Waals surface area contributed by atoms with Crippen LogP contribution in [0.4, 0.5) is 0 Å². The van der Waals surface area contributed by atoms with Crippen LogP contribution in [-0.4, -0.2) is 4.98 Å². The fourth-order valence-electron chi connectivity index (χ4n) is 1.30. The van der Waals surface area contributed by atoms with Crippen LogP contribution in [0.15, 0.2) is 41.0 Å². The van der Waals surface area contributed by atoms with Gasteiger partial charge in [0, 0.05) is 19.8 Å². The lowest BCUT2D eigenvalue weighted by molar-refractivity contribution is 0.458. The molecule has 0 N–H and O–H groups in total. The highest BCUT2D eigenvalue weighted by Gasteiger charge is 2.07. The first-order chi connectivity index (χ1) is 8.19. The van der Waals surface area contributed by atoms with E-state index in [0.29, 0.717) is 11.8 Å². The van der Waals surface area contributed by atoms with Gasteiger partial charge in [-0.3, -0.25) is 0 Å². The van der Waals surface area contributed by atoms with E-state index in [-0.39, 0.29) is 0 Å². The molecule has 2 rings (SSSR count). The van der Waals surface area contributed by atoms with Gasteiger partial charge in [0.05, 0.1) is 5.88 Å². The Bertz CT molecular complexity index is 536. The molecule has 0 unspecified atom stereocenters. The van der Waals surface area contributed by atoms with Crippen LogP contribution in [0.2, 0.25) is 0 Å². The Morgan fingerprint density at radius 1 is 1.35 bits per heavy atom. The Kier molecular flexibility index (Phi) is 4.64. The van der Waals surface area contributed by atoms with Crippen LogP contribution in [0.25, 0.3) is 0 Å². The summed E-state index contributed by atoms with van der Waals surface area (Å²) in [5.74, 6) is 1.68. The second kappa shape index (κ2) is 6.02. The molecule has 0 aliphatic heterocycles. The number of hydrogen-bond donors (Lipinski definition) is 0. The van der Waals surface area contributed by atoms with Crippen molar-refractivity contribution in [3.05, 3.63) is 50.1 Å². The summed E-state index contributed by atoms with van der Waals surface area (Å²) < 4.78 is 7.72. The Morgan fingerprint density at radius 3 is 2.88 bits per heavy atom. The first-order valence-electron chi connectivity index (χ1n) is 4.83. The van der Waals surface area contributed by atoms with E-state index in [9.17, 15) is 0 Å². The normalized spacial score (nSPS) is 10.3. The van der Waals surface area contributed by atoms with Crippen LogP contribution in [0.5, 0.6) is 11.6 Å². The molecule has 88 valence electrons. The molecule has 0 atom stereocenters. The number of pyridine rings is 1. The number of alkyl halides is 1. The summed E-state index contributed by atoms with van der Waals surface area (Å²) in [4.78, 5) is 4.22.